The monoisotopic (exact) mass is 413 g/mol. The van der Waals surface area contributed by atoms with Gasteiger partial charge < -0.3 is 27.9 Å². The van der Waals surface area contributed by atoms with E-state index in [1.165, 1.54) is 0 Å². The van der Waals surface area contributed by atoms with Gasteiger partial charge in [0.2, 0.25) is 0 Å². The summed E-state index contributed by atoms with van der Waals surface area (Å²) in [5.41, 5.74) is 0.175. The molecule has 0 amide bonds. The van der Waals surface area contributed by atoms with E-state index in [-0.39, 0.29) is 0 Å². The standard InChI is InChI=1S/C22H33B2NO5/c1-19(2)20(3,4)28-23(27-19)17-15-12-11-14(26-10)13-16(15)18(25(17)9)24-29-21(5,6)22(7,8)30-24/h11-13H,1-10H3. The second kappa shape index (κ2) is 6.52. The van der Waals surface area contributed by atoms with Crippen LogP contribution in [0.2, 0.25) is 0 Å². The molecular weight excluding hydrogens is 380 g/mol. The molecule has 0 saturated carbocycles. The number of fused-ring (bicyclic) bond motifs is 1. The summed E-state index contributed by atoms with van der Waals surface area (Å²) < 4.78 is 33.2. The fraction of sp³-hybridized carbons (Fsp3) is 0.636. The van der Waals surface area contributed by atoms with Gasteiger partial charge in [0.15, 0.2) is 0 Å². The molecule has 1 aromatic carbocycles. The summed E-state index contributed by atoms with van der Waals surface area (Å²) in [4.78, 5) is 0. The molecule has 2 aliphatic heterocycles. The summed E-state index contributed by atoms with van der Waals surface area (Å²) >= 11 is 0. The summed E-state index contributed by atoms with van der Waals surface area (Å²) in [7, 11) is 2.69. The van der Waals surface area contributed by atoms with E-state index in [1.807, 2.05) is 19.2 Å². The maximum absolute atomic E-state index is 6.40. The molecule has 1 aromatic heterocycles. The highest BCUT2D eigenvalue weighted by molar-refractivity contribution is 6.69. The van der Waals surface area contributed by atoms with Gasteiger partial charge in [-0.15, -0.1) is 0 Å². The molecule has 2 fully saturated rings. The van der Waals surface area contributed by atoms with Crippen LogP contribution in [0, 0.1) is 0 Å². The van der Waals surface area contributed by atoms with Gasteiger partial charge in [-0.1, -0.05) is 0 Å². The lowest BCUT2D eigenvalue weighted by Crippen LogP contribution is -2.46. The predicted octanol–water partition coefficient (Wildman–Crippen LogP) is 2.79. The molecule has 4 rings (SSSR count). The maximum Gasteiger partial charge on any atom is 0.512 e. The van der Waals surface area contributed by atoms with Gasteiger partial charge in [-0.3, -0.25) is 0 Å². The van der Waals surface area contributed by atoms with Crippen molar-refractivity contribution in [2.75, 3.05) is 7.11 Å². The summed E-state index contributed by atoms with van der Waals surface area (Å²) in [6, 6.07) is 6.05. The van der Waals surface area contributed by atoms with E-state index in [0.717, 1.165) is 27.7 Å². The van der Waals surface area contributed by atoms with Crippen LogP contribution in [0.3, 0.4) is 0 Å². The minimum absolute atomic E-state index is 0.425. The number of hydrogen-bond donors (Lipinski definition) is 0. The van der Waals surface area contributed by atoms with E-state index in [9.17, 15) is 0 Å². The molecule has 0 unspecified atom stereocenters. The van der Waals surface area contributed by atoms with E-state index >= 15 is 0 Å². The van der Waals surface area contributed by atoms with Crippen LogP contribution in [0.15, 0.2) is 18.2 Å². The molecule has 0 aliphatic carbocycles. The van der Waals surface area contributed by atoms with Gasteiger partial charge in [0.25, 0.3) is 0 Å². The largest absolute Gasteiger partial charge is 0.512 e. The fourth-order valence-corrected chi connectivity index (χ4v) is 4.06. The minimum atomic E-state index is -0.509. The van der Waals surface area contributed by atoms with Crippen LogP contribution in [0.4, 0.5) is 0 Å². The van der Waals surface area contributed by atoms with Gasteiger partial charge in [0.05, 0.1) is 40.7 Å². The van der Waals surface area contributed by atoms with Gasteiger partial charge in [-0.05, 0) is 79.0 Å². The molecule has 0 atom stereocenters. The first-order valence-corrected chi connectivity index (χ1v) is 10.6. The molecule has 2 aliphatic rings. The molecule has 3 heterocycles. The Morgan fingerprint density at radius 1 is 0.700 bits per heavy atom. The normalized spacial score (nSPS) is 24.1. The third-order valence-electron chi connectivity index (χ3n) is 7.45. The maximum atomic E-state index is 6.40. The van der Waals surface area contributed by atoms with Crippen LogP contribution in [-0.4, -0.2) is 48.3 Å². The van der Waals surface area contributed by atoms with Crippen molar-refractivity contribution in [1.29, 1.82) is 0 Å². The average molecular weight is 413 g/mol. The predicted molar refractivity (Wildman–Crippen MR) is 121 cm³/mol. The molecule has 2 aromatic rings. The smallest absolute Gasteiger partial charge is 0.497 e. The first-order chi connectivity index (χ1) is 13.7. The van der Waals surface area contributed by atoms with Gasteiger partial charge in [0, 0.05) is 12.4 Å². The highest BCUT2D eigenvalue weighted by atomic mass is 16.7. The lowest BCUT2D eigenvalue weighted by molar-refractivity contribution is 0.00578. The lowest BCUT2D eigenvalue weighted by Gasteiger charge is -2.32. The fourth-order valence-electron chi connectivity index (χ4n) is 4.06. The number of hydrogen-bond acceptors (Lipinski definition) is 5. The molecule has 0 spiro atoms. The zero-order valence-electron chi connectivity index (χ0n) is 19.9. The van der Waals surface area contributed by atoms with E-state index < -0.39 is 36.6 Å². The Labute approximate surface area is 180 Å². The second-order valence-electron chi connectivity index (χ2n) is 10.4. The molecule has 30 heavy (non-hydrogen) atoms. The Kier molecular flexibility index (Phi) is 4.72. The SMILES string of the molecule is COc1ccc2c(B3OC(C)(C)C(C)(C)O3)n(C)c(B3OC(C)(C)C(C)(C)O3)c2c1. The average Bonchev–Trinajstić information content (AvgIpc) is 3.09. The third-order valence-corrected chi connectivity index (χ3v) is 7.45. The Bertz CT molecular complexity index is 963. The number of methoxy groups -OCH3 is 1. The highest BCUT2D eigenvalue weighted by Crippen LogP contribution is 2.39. The summed E-state index contributed by atoms with van der Waals surface area (Å²) in [5, 5.41) is 2.06. The highest BCUT2D eigenvalue weighted by Gasteiger charge is 2.56. The Morgan fingerprint density at radius 3 is 1.50 bits per heavy atom. The van der Waals surface area contributed by atoms with Crippen molar-refractivity contribution in [3.05, 3.63) is 18.2 Å². The van der Waals surface area contributed by atoms with Crippen molar-refractivity contribution in [2.45, 2.75) is 77.8 Å². The molecule has 0 bridgehead atoms. The van der Waals surface area contributed by atoms with Gasteiger partial charge in [-0.25, -0.2) is 0 Å². The van der Waals surface area contributed by atoms with Gasteiger partial charge >= 0.3 is 14.2 Å². The zero-order chi connectivity index (χ0) is 22.3. The van der Waals surface area contributed by atoms with Gasteiger partial charge in [0.1, 0.15) is 5.75 Å². The quantitative estimate of drug-likeness (QED) is 0.725. The molecule has 8 heteroatoms. The summed E-state index contributed by atoms with van der Waals surface area (Å²) in [5.74, 6) is 0.784. The first-order valence-electron chi connectivity index (χ1n) is 10.6. The second-order valence-corrected chi connectivity index (χ2v) is 10.4. The molecule has 0 N–H and O–H groups in total. The van der Waals surface area contributed by atoms with Crippen LogP contribution >= 0.6 is 0 Å². The van der Waals surface area contributed by atoms with Crippen molar-refractivity contribution >= 4 is 36.2 Å². The van der Waals surface area contributed by atoms with E-state index in [4.69, 9.17) is 23.4 Å². The molecule has 0 radical (unpaired) electrons. The Balaban J connectivity index is 1.89. The van der Waals surface area contributed by atoms with Crippen LogP contribution in [-0.2, 0) is 25.7 Å². The van der Waals surface area contributed by atoms with Gasteiger partial charge in [-0.2, -0.15) is 0 Å². The summed E-state index contributed by atoms with van der Waals surface area (Å²) in [6.07, 6.45) is 0. The Hall–Kier alpha value is -1.47. The number of benzene rings is 1. The first kappa shape index (κ1) is 21.8. The minimum Gasteiger partial charge on any atom is -0.497 e. The van der Waals surface area contributed by atoms with Crippen molar-refractivity contribution in [3.8, 4) is 5.75 Å². The zero-order valence-corrected chi connectivity index (χ0v) is 19.9. The number of ether oxygens (including phenoxy) is 1. The third kappa shape index (κ3) is 3.03. The van der Waals surface area contributed by atoms with Crippen molar-refractivity contribution in [1.82, 2.24) is 4.57 Å². The topological polar surface area (TPSA) is 51.1 Å². The van der Waals surface area contributed by atoms with Crippen molar-refractivity contribution < 1.29 is 23.4 Å². The molecule has 162 valence electrons. The van der Waals surface area contributed by atoms with Crippen molar-refractivity contribution in [3.63, 3.8) is 0 Å². The summed E-state index contributed by atoms with van der Waals surface area (Å²) in [6.45, 7) is 16.5. The van der Waals surface area contributed by atoms with Crippen molar-refractivity contribution in [2.24, 2.45) is 7.05 Å². The van der Waals surface area contributed by atoms with E-state index in [2.05, 4.69) is 66.0 Å². The number of aromatic nitrogens is 1. The lowest BCUT2D eigenvalue weighted by atomic mass is 9.81. The number of nitrogens with zero attached hydrogens (tertiary/aromatic N) is 1. The molecule has 6 nitrogen and oxygen atoms in total. The van der Waals surface area contributed by atoms with Crippen LogP contribution in [0.25, 0.3) is 10.8 Å². The van der Waals surface area contributed by atoms with Crippen LogP contribution in [0.1, 0.15) is 55.4 Å². The Morgan fingerprint density at radius 2 is 1.10 bits per heavy atom. The molecule has 2 saturated heterocycles. The molecular formula is C22H33B2NO5. The van der Waals surface area contributed by atoms with Crippen LogP contribution < -0.4 is 15.9 Å². The van der Waals surface area contributed by atoms with E-state index in [0.29, 0.717) is 0 Å². The number of rotatable bonds is 3. The van der Waals surface area contributed by atoms with Crippen LogP contribution in [0.5, 0.6) is 5.75 Å². The van der Waals surface area contributed by atoms with E-state index in [1.54, 1.807) is 7.11 Å².